The van der Waals surface area contributed by atoms with Crippen molar-refractivity contribution in [1.29, 1.82) is 0 Å². The van der Waals surface area contributed by atoms with Gasteiger partial charge in [-0.3, -0.25) is 0 Å². The van der Waals surface area contributed by atoms with Crippen LogP contribution in [0.4, 0.5) is 0 Å². The molecule has 0 saturated carbocycles. The molecule has 2 unspecified atom stereocenters. The van der Waals surface area contributed by atoms with Crippen molar-refractivity contribution in [2.45, 2.75) is 38.4 Å². The van der Waals surface area contributed by atoms with Crippen LogP contribution in [0.15, 0.2) is 5.16 Å². The average Bonchev–Trinajstić information content (AvgIpc) is 2.26. The minimum absolute atomic E-state index is 0.0980. The Hall–Kier alpha value is -0.810. The molecule has 1 aliphatic heterocycles. The molecule has 0 aliphatic carbocycles. The third kappa shape index (κ3) is 3.51. The summed E-state index contributed by atoms with van der Waals surface area (Å²) in [5, 5.41) is 11.3. The van der Waals surface area contributed by atoms with Crippen LogP contribution in [0.1, 0.15) is 26.2 Å². The van der Waals surface area contributed by atoms with Crippen molar-refractivity contribution < 1.29 is 14.7 Å². The van der Waals surface area contributed by atoms with E-state index >= 15 is 0 Å². The minimum Gasteiger partial charge on any atom is -0.409 e. The molecule has 3 N–H and O–H groups in total. The zero-order valence-corrected chi connectivity index (χ0v) is 8.48. The van der Waals surface area contributed by atoms with Gasteiger partial charge in [-0.25, -0.2) is 0 Å². The van der Waals surface area contributed by atoms with E-state index in [0.29, 0.717) is 6.61 Å². The number of rotatable bonds is 4. The van der Waals surface area contributed by atoms with Crippen molar-refractivity contribution in [1.82, 2.24) is 0 Å². The fraction of sp³-hybridized carbons (Fsp3) is 0.889. The van der Waals surface area contributed by atoms with Crippen LogP contribution in [0, 0.1) is 0 Å². The minimum atomic E-state index is -0.356. The van der Waals surface area contributed by atoms with Crippen LogP contribution in [0.3, 0.4) is 0 Å². The van der Waals surface area contributed by atoms with Crippen molar-refractivity contribution in [2.75, 3.05) is 13.2 Å². The van der Waals surface area contributed by atoms with Crippen molar-refractivity contribution in [3.8, 4) is 0 Å². The first-order valence-electron chi connectivity index (χ1n) is 4.94. The number of hydrogen-bond donors (Lipinski definition) is 2. The lowest BCUT2D eigenvalue weighted by molar-refractivity contribution is -0.0475. The zero-order chi connectivity index (χ0) is 10.4. The third-order valence-electron chi connectivity index (χ3n) is 2.34. The molecule has 1 aliphatic rings. The van der Waals surface area contributed by atoms with Crippen molar-refractivity contribution in [2.24, 2.45) is 10.9 Å². The van der Waals surface area contributed by atoms with Gasteiger partial charge in [-0.1, -0.05) is 5.16 Å². The van der Waals surface area contributed by atoms with Crippen LogP contribution in [0.2, 0.25) is 0 Å². The molecular formula is C9H18N2O3. The quantitative estimate of drug-likeness (QED) is 0.304. The highest BCUT2D eigenvalue weighted by Crippen LogP contribution is 2.13. The lowest BCUT2D eigenvalue weighted by Gasteiger charge is -2.23. The molecule has 1 rings (SSSR count). The van der Waals surface area contributed by atoms with Gasteiger partial charge in [-0.15, -0.1) is 0 Å². The average molecular weight is 202 g/mol. The van der Waals surface area contributed by atoms with Gasteiger partial charge < -0.3 is 20.4 Å². The van der Waals surface area contributed by atoms with Crippen molar-refractivity contribution in [3.63, 3.8) is 0 Å². The lowest BCUT2D eigenvalue weighted by atomic mass is 10.1. The monoisotopic (exact) mass is 202 g/mol. The Kier molecular flexibility index (Phi) is 4.69. The molecule has 1 saturated heterocycles. The van der Waals surface area contributed by atoms with Gasteiger partial charge in [0.1, 0.15) is 6.10 Å². The van der Waals surface area contributed by atoms with E-state index in [1.54, 1.807) is 6.92 Å². The number of nitrogens with zero attached hydrogens (tertiary/aromatic N) is 1. The predicted molar refractivity (Wildman–Crippen MR) is 52.4 cm³/mol. The summed E-state index contributed by atoms with van der Waals surface area (Å²) in [7, 11) is 0. The molecule has 14 heavy (non-hydrogen) atoms. The summed E-state index contributed by atoms with van der Waals surface area (Å²) in [6.45, 7) is 3.07. The molecule has 2 atom stereocenters. The Bertz CT molecular complexity index is 190. The second-order valence-electron chi connectivity index (χ2n) is 3.49. The van der Waals surface area contributed by atoms with Crippen LogP contribution < -0.4 is 5.73 Å². The van der Waals surface area contributed by atoms with E-state index in [1.807, 2.05) is 0 Å². The highest BCUT2D eigenvalue weighted by Gasteiger charge is 2.16. The molecule has 1 fully saturated rings. The summed E-state index contributed by atoms with van der Waals surface area (Å²) in [5.41, 5.74) is 5.37. The maximum absolute atomic E-state index is 8.39. The highest BCUT2D eigenvalue weighted by atomic mass is 16.5. The lowest BCUT2D eigenvalue weighted by Crippen LogP contribution is -2.33. The molecule has 1 heterocycles. The highest BCUT2D eigenvalue weighted by molar-refractivity contribution is 5.83. The Morgan fingerprint density at radius 1 is 1.71 bits per heavy atom. The third-order valence-corrected chi connectivity index (χ3v) is 2.34. The molecule has 0 spiro atoms. The van der Waals surface area contributed by atoms with E-state index < -0.39 is 0 Å². The molecule has 0 bridgehead atoms. The van der Waals surface area contributed by atoms with E-state index in [-0.39, 0.29) is 18.0 Å². The molecule has 5 nitrogen and oxygen atoms in total. The number of oxime groups is 1. The van der Waals surface area contributed by atoms with Gasteiger partial charge in [-0.05, 0) is 26.2 Å². The van der Waals surface area contributed by atoms with Crippen LogP contribution in [-0.4, -0.2) is 36.5 Å². The van der Waals surface area contributed by atoms with Crippen LogP contribution >= 0.6 is 0 Å². The van der Waals surface area contributed by atoms with E-state index in [2.05, 4.69) is 5.16 Å². The van der Waals surface area contributed by atoms with Crippen molar-refractivity contribution >= 4 is 5.84 Å². The number of hydrogen-bond acceptors (Lipinski definition) is 4. The smallest absolute Gasteiger partial charge is 0.168 e. The van der Waals surface area contributed by atoms with E-state index in [1.165, 1.54) is 6.42 Å². The summed E-state index contributed by atoms with van der Waals surface area (Å²) < 4.78 is 10.9. The molecule has 0 amide bonds. The first-order chi connectivity index (χ1) is 6.74. The fourth-order valence-corrected chi connectivity index (χ4v) is 1.36. The first kappa shape index (κ1) is 11.3. The molecular weight excluding hydrogens is 184 g/mol. The van der Waals surface area contributed by atoms with Gasteiger partial charge in [0, 0.05) is 6.61 Å². The fourth-order valence-electron chi connectivity index (χ4n) is 1.36. The van der Waals surface area contributed by atoms with Crippen LogP contribution in [0.5, 0.6) is 0 Å². The second kappa shape index (κ2) is 5.82. The van der Waals surface area contributed by atoms with E-state index in [9.17, 15) is 0 Å². The van der Waals surface area contributed by atoms with Gasteiger partial charge in [0.05, 0.1) is 12.7 Å². The topological polar surface area (TPSA) is 77.1 Å². The Labute approximate surface area is 83.9 Å². The summed E-state index contributed by atoms with van der Waals surface area (Å²) in [6, 6.07) is 0. The normalized spacial score (nSPS) is 26.1. The van der Waals surface area contributed by atoms with Crippen molar-refractivity contribution in [3.05, 3.63) is 0 Å². The summed E-state index contributed by atoms with van der Waals surface area (Å²) in [5.74, 6) is 0.0980. The molecule has 0 aromatic heterocycles. The van der Waals surface area contributed by atoms with E-state index in [0.717, 1.165) is 19.4 Å². The molecule has 5 heteroatoms. The summed E-state index contributed by atoms with van der Waals surface area (Å²) >= 11 is 0. The first-order valence-corrected chi connectivity index (χ1v) is 4.94. The van der Waals surface area contributed by atoms with E-state index in [4.69, 9.17) is 20.4 Å². The van der Waals surface area contributed by atoms with Gasteiger partial charge in [0.25, 0.3) is 0 Å². The van der Waals surface area contributed by atoms with Gasteiger partial charge in [-0.2, -0.15) is 0 Å². The number of nitrogens with two attached hydrogens (primary N) is 1. The summed E-state index contributed by atoms with van der Waals surface area (Å²) in [6.07, 6.45) is 3.16. The maximum Gasteiger partial charge on any atom is 0.168 e. The molecule has 0 aromatic carbocycles. The van der Waals surface area contributed by atoms with Gasteiger partial charge in [0.15, 0.2) is 5.84 Å². The van der Waals surface area contributed by atoms with Crippen LogP contribution in [0.25, 0.3) is 0 Å². The number of amidine groups is 1. The Morgan fingerprint density at radius 2 is 2.50 bits per heavy atom. The van der Waals surface area contributed by atoms with Gasteiger partial charge >= 0.3 is 0 Å². The molecule has 0 aromatic rings. The summed E-state index contributed by atoms with van der Waals surface area (Å²) in [4.78, 5) is 0. The Balaban J connectivity index is 2.18. The standard InChI is InChI=1S/C9H18N2O3/c1-7(9(10)11-12)14-6-8-4-2-3-5-13-8/h7-8,12H,2-6H2,1H3,(H2,10,11). The second-order valence-corrected chi connectivity index (χ2v) is 3.49. The largest absolute Gasteiger partial charge is 0.409 e. The van der Waals surface area contributed by atoms with Gasteiger partial charge in [0.2, 0.25) is 0 Å². The zero-order valence-electron chi connectivity index (χ0n) is 8.48. The Morgan fingerprint density at radius 3 is 3.07 bits per heavy atom. The maximum atomic E-state index is 8.39. The molecule has 0 radical (unpaired) electrons. The number of ether oxygens (including phenoxy) is 2. The molecule has 82 valence electrons. The van der Waals surface area contributed by atoms with Crippen LogP contribution in [-0.2, 0) is 9.47 Å². The predicted octanol–water partition coefficient (Wildman–Crippen LogP) is 0.707. The SMILES string of the molecule is CC(OCC1CCCCO1)C(N)=NO.